The van der Waals surface area contributed by atoms with Crippen molar-refractivity contribution in [3.8, 4) is 0 Å². The molecule has 3 N–H and O–H groups in total. The predicted octanol–water partition coefficient (Wildman–Crippen LogP) is 0.717. The normalized spacial score (nSPS) is 19.6. The molecule has 0 atom stereocenters. The molecule has 4 heteroatoms. The molecule has 0 aromatic carbocycles. The van der Waals surface area contributed by atoms with Gasteiger partial charge in [0.05, 0.1) is 5.71 Å². The van der Waals surface area contributed by atoms with E-state index in [2.05, 4.69) is 15.1 Å². The summed E-state index contributed by atoms with van der Waals surface area (Å²) in [4.78, 5) is 7.55. The molecule has 2 rings (SSSR count). The lowest BCUT2D eigenvalue weighted by atomic mass is 9.99. The number of nitrogens with two attached hydrogens (primary N) is 1. The first kappa shape index (κ1) is 7.34. The van der Waals surface area contributed by atoms with Gasteiger partial charge in [-0.15, -0.1) is 0 Å². The average Bonchev–Trinajstić information content (AvgIpc) is 2.44. The number of hydrogen-bond donors (Lipinski definition) is 2. The molecule has 0 saturated heterocycles. The maximum Gasteiger partial charge on any atom is 0.108 e. The third kappa shape index (κ3) is 0.995. The summed E-state index contributed by atoms with van der Waals surface area (Å²) < 4.78 is 0. The van der Waals surface area contributed by atoms with Crippen LogP contribution in [0.3, 0.4) is 0 Å². The number of imidazole rings is 1. The molecule has 0 fully saturated rings. The molecule has 12 heavy (non-hydrogen) atoms. The average molecular weight is 164 g/mol. The maximum absolute atomic E-state index is 5.26. The molecule has 0 spiro atoms. The van der Waals surface area contributed by atoms with E-state index in [0.29, 0.717) is 0 Å². The van der Waals surface area contributed by atoms with Gasteiger partial charge in [-0.25, -0.2) is 4.98 Å². The van der Waals surface area contributed by atoms with Crippen LogP contribution in [0.4, 0.5) is 0 Å². The van der Waals surface area contributed by atoms with E-state index in [-0.39, 0.29) is 0 Å². The van der Waals surface area contributed by atoms with Gasteiger partial charge in [0, 0.05) is 5.69 Å². The second-order valence-electron chi connectivity index (χ2n) is 3.08. The Labute approximate surface area is 70.9 Å². The maximum atomic E-state index is 5.26. The predicted molar refractivity (Wildman–Crippen MR) is 47.0 cm³/mol. The van der Waals surface area contributed by atoms with Gasteiger partial charge >= 0.3 is 0 Å². The first-order valence-electron chi connectivity index (χ1n) is 4.14. The summed E-state index contributed by atoms with van der Waals surface area (Å²) in [6.45, 7) is 1.95. The number of hydrazone groups is 1. The topological polar surface area (TPSA) is 67.1 Å². The van der Waals surface area contributed by atoms with Gasteiger partial charge in [0.15, 0.2) is 0 Å². The smallest absolute Gasteiger partial charge is 0.108 e. The molecule has 1 aliphatic rings. The number of nitrogens with zero attached hydrogens (tertiary/aromatic N) is 2. The van der Waals surface area contributed by atoms with E-state index in [1.54, 1.807) is 0 Å². The fraction of sp³-hybridized carbons (Fsp3) is 0.500. The largest absolute Gasteiger partial charge is 0.346 e. The van der Waals surface area contributed by atoms with Gasteiger partial charge in [0.25, 0.3) is 0 Å². The highest BCUT2D eigenvalue weighted by Gasteiger charge is 2.18. The fourth-order valence-electron chi connectivity index (χ4n) is 1.64. The lowest BCUT2D eigenvalue weighted by Crippen LogP contribution is -2.13. The first-order chi connectivity index (χ1) is 5.81. The van der Waals surface area contributed by atoms with Gasteiger partial charge in [-0.3, -0.25) is 0 Å². The van der Waals surface area contributed by atoms with E-state index in [1.165, 1.54) is 5.69 Å². The van der Waals surface area contributed by atoms with E-state index < -0.39 is 0 Å². The summed E-state index contributed by atoms with van der Waals surface area (Å²) >= 11 is 0. The molecule has 0 aliphatic heterocycles. The zero-order chi connectivity index (χ0) is 8.55. The van der Waals surface area contributed by atoms with Crippen molar-refractivity contribution < 1.29 is 0 Å². The minimum absolute atomic E-state index is 0.931. The molecule has 0 radical (unpaired) electrons. The first-order valence-corrected chi connectivity index (χ1v) is 4.14. The second kappa shape index (κ2) is 2.62. The number of H-pyrrole nitrogens is 1. The fourth-order valence-corrected chi connectivity index (χ4v) is 1.64. The molecule has 4 nitrogen and oxygen atoms in total. The highest BCUT2D eigenvalue weighted by Crippen LogP contribution is 2.18. The van der Waals surface area contributed by atoms with Crippen molar-refractivity contribution in [2.45, 2.75) is 26.2 Å². The number of aromatic nitrogens is 2. The molecule has 1 aliphatic carbocycles. The van der Waals surface area contributed by atoms with Gasteiger partial charge in [0.2, 0.25) is 0 Å². The molecular formula is C8H12N4. The highest BCUT2D eigenvalue weighted by molar-refractivity contribution is 6.00. The van der Waals surface area contributed by atoms with Crippen LogP contribution in [0, 0.1) is 6.92 Å². The van der Waals surface area contributed by atoms with Crippen LogP contribution in [0.15, 0.2) is 5.10 Å². The Hall–Kier alpha value is -1.32. The van der Waals surface area contributed by atoms with Gasteiger partial charge in [-0.2, -0.15) is 5.10 Å². The number of aryl methyl sites for hydroxylation is 2. The Balaban J connectivity index is 2.50. The van der Waals surface area contributed by atoms with Crippen LogP contribution in [0.25, 0.3) is 0 Å². The SMILES string of the molecule is Cc1nc2c([nH]1)CCC/C2=N\N. The van der Waals surface area contributed by atoms with Crippen molar-refractivity contribution in [1.82, 2.24) is 9.97 Å². The van der Waals surface area contributed by atoms with Crippen LogP contribution in [-0.2, 0) is 6.42 Å². The third-order valence-electron chi connectivity index (χ3n) is 2.17. The van der Waals surface area contributed by atoms with Crippen LogP contribution in [0.2, 0.25) is 0 Å². The molecule has 0 saturated carbocycles. The molecular weight excluding hydrogens is 152 g/mol. The Morgan fingerprint density at radius 2 is 2.33 bits per heavy atom. The van der Waals surface area contributed by atoms with E-state index in [0.717, 1.165) is 36.5 Å². The number of aromatic amines is 1. The van der Waals surface area contributed by atoms with E-state index in [4.69, 9.17) is 5.84 Å². The quantitative estimate of drug-likeness (QED) is 0.438. The minimum Gasteiger partial charge on any atom is -0.346 e. The van der Waals surface area contributed by atoms with Crippen molar-refractivity contribution >= 4 is 5.71 Å². The lowest BCUT2D eigenvalue weighted by Gasteiger charge is -2.10. The van der Waals surface area contributed by atoms with Crippen molar-refractivity contribution in [2.75, 3.05) is 0 Å². The summed E-state index contributed by atoms with van der Waals surface area (Å²) in [5, 5.41) is 3.74. The third-order valence-corrected chi connectivity index (χ3v) is 2.17. The van der Waals surface area contributed by atoms with Crippen LogP contribution >= 0.6 is 0 Å². The Kier molecular flexibility index (Phi) is 1.60. The van der Waals surface area contributed by atoms with Crippen molar-refractivity contribution in [1.29, 1.82) is 0 Å². The Bertz CT molecular complexity index is 324. The molecule has 0 amide bonds. The minimum atomic E-state index is 0.931. The Morgan fingerprint density at radius 1 is 1.50 bits per heavy atom. The second-order valence-corrected chi connectivity index (χ2v) is 3.08. The monoisotopic (exact) mass is 164 g/mol. The summed E-state index contributed by atoms with van der Waals surface area (Å²) in [7, 11) is 0. The summed E-state index contributed by atoms with van der Waals surface area (Å²) in [5.74, 6) is 6.21. The highest BCUT2D eigenvalue weighted by atomic mass is 15.1. The number of hydrogen-bond acceptors (Lipinski definition) is 3. The zero-order valence-electron chi connectivity index (χ0n) is 7.09. The van der Waals surface area contributed by atoms with Crippen molar-refractivity contribution in [3.05, 3.63) is 17.2 Å². The molecule has 0 unspecified atom stereocenters. The number of rotatable bonds is 0. The van der Waals surface area contributed by atoms with Gasteiger partial charge in [0.1, 0.15) is 11.5 Å². The molecule has 0 bridgehead atoms. The van der Waals surface area contributed by atoms with Gasteiger partial charge in [-0.1, -0.05) is 0 Å². The zero-order valence-corrected chi connectivity index (χ0v) is 7.09. The summed E-state index contributed by atoms with van der Waals surface area (Å²) in [6.07, 6.45) is 3.13. The van der Waals surface area contributed by atoms with Crippen LogP contribution < -0.4 is 5.84 Å². The van der Waals surface area contributed by atoms with Crippen molar-refractivity contribution in [2.24, 2.45) is 10.9 Å². The van der Waals surface area contributed by atoms with Crippen molar-refractivity contribution in [3.63, 3.8) is 0 Å². The van der Waals surface area contributed by atoms with E-state index in [1.807, 2.05) is 6.92 Å². The van der Waals surface area contributed by atoms with Gasteiger partial charge in [-0.05, 0) is 26.2 Å². The molecule has 1 aromatic heterocycles. The lowest BCUT2D eigenvalue weighted by molar-refractivity contribution is 0.811. The van der Waals surface area contributed by atoms with E-state index in [9.17, 15) is 0 Å². The summed E-state index contributed by atoms with van der Waals surface area (Å²) in [6, 6.07) is 0. The van der Waals surface area contributed by atoms with Crippen LogP contribution in [-0.4, -0.2) is 15.7 Å². The standard InChI is InChI=1S/C8H12N4/c1-5-10-6-3-2-4-7(12-9)8(6)11-5/h2-4,9H2,1H3,(H,10,11)/b12-7+. The number of nitrogens with one attached hydrogen (secondary N) is 1. The molecule has 1 aromatic rings. The Morgan fingerprint density at radius 3 is 3.08 bits per heavy atom. The summed E-state index contributed by atoms with van der Waals surface area (Å²) in [5.41, 5.74) is 3.09. The van der Waals surface area contributed by atoms with Crippen LogP contribution in [0.1, 0.15) is 30.1 Å². The molecule has 1 heterocycles. The number of fused-ring (bicyclic) bond motifs is 1. The van der Waals surface area contributed by atoms with E-state index >= 15 is 0 Å². The van der Waals surface area contributed by atoms with Crippen LogP contribution in [0.5, 0.6) is 0 Å². The molecule has 64 valence electrons. The van der Waals surface area contributed by atoms with Gasteiger partial charge < -0.3 is 10.8 Å².